The Morgan fingerprint density at radius 3 is 3.06 bits per heavy atom. The van der Waals surface area contributed by atoms with Crippen LogP contribution >= 0.6 is 0 Å². The number of aromatic nitrogens is 2. The Hall–Kier alpha value is -1.58. The molecule has 0 bridgehead atoms. The number of aryl methyl sites for hydroxylation is 1. The maximum atomic E-state index is 10.5. The van der Waals surface area contributed by atoms with Crippen LogP contribution in [0.3, 0.4) is 0 Å². The van der Waals surface area contributed by atoms with Gasteiger partial charge in [-0.15, -0.1) is 0 Å². The molecule has 0 saturated carbocycles. The van der Waals surface area contributed by atoms with Crippen molar-refractivity contribution in [2.75, 3.05) is 0 Å². The fourth-order valence-corrected chi connectivity index (χ4v) is 2.18. The molecule has 1 aromatic heterocycles. The van der Waals surface area contributed by atoms with E-state index in [9.17, 15) is 4.79 Å². The standard InChI is InChI=1S/C13H18N2O2/c16-13(17)8-12-9-15(10-14-12)7-6-11-4-2-1-3-5-11/h4,9-10H,1-3,5-8H2,(H,16,17). The topological polar surface area (TPSA) is 55.1 Å². The summed E-state index contributed by atoms with van der Waals surface area (Å²) < 4.78 is 1.98. The van der Waals surface area contributed by atoms with Gasteiger partial charge in [0.05, 0.1) is 18.4 Å². The highest BCUT2D eigenvalue weighted by Gasteiger charge is 2.06. The lowest BCUT2D eigenvalue weighted by atomic mass is 9.97. The molecular weight excluding hydrogens is 216 g/mol. The van der Waals surface area contributed by atoms with Gasteiger partial charge in [0, 0.05) is 12.7 Å². The molecule has 2 rings (SSSR count). The fourth-order valence-electron chi connectivity index (χ4n) is 2.18. The van der Waals surface area contributed by atoms with E-state index in [1.807, 2.05) is 10.8 Å². The molecule has 1 aromatic rings. The molecule has 0 amide bonds. The summed E-state index contributed by atoms with van der Waals surface area (Å²) in [6, 6.07) is 0. The highest BCUT2D eigenvalue weighted by molar-refractivity contribution is 5.69. The van der Waals surface area contributed by atoms with E-state index in [-0.39, 0.29) is 6.42 Å². The molecule has 1 aliphatic carbocycles. The molecular formula is C13H18N2O2. The minimum atomic E-state index is -0.828. The Labute approximate surface area is 101 Å². The zero-order valence-corrected chi connectivity index (χ0v) is 9.93. The minimum absolute atomic E-state index is 0.00962. The van der Waals surface area contributed by atoms with Crippen molar-refractivity contribution in [1.82, 2.24) is 9.55 Å². The first-order chi connectivity index (χ1) is 8.24. The number of carbonyl (C=O) groups is 1. The molecule has 92 valence electrons. The number of nitrogens with zero attached hydrogens (tertiary/aromatic N) is 2. The van der Waals surface area contributed by atoms with Gasteiger partial charge in [-0.2, -0.15) is 0 Å². The van der Waals surface area contributed by atoms with Crippen molar-refractivity contribution < 1.29 is 9.90 Å². The average Bonchev–Trinajstić information content (AvgIpc) is 2.75. The Kier molecular flexibility index (Phi) is 3.96. The van der Waals surface area contributed by atoms with E-state index in [4.69, 9.17) is 5.11 Å². The van der Waals surface area contributed by atoms with Crippen molar-refractivity contribution in [3.05, 3.63) is 29.9 Å². The third-order valence-electron chi connectivity index (χ3n) is 3.10. The number of carboxylic acids is 1. The summed E-state index contributed by atoms with van der Waals surface area (Å²) in [6.07, 6.45) is 12.0. The highest BCUT2D eigenvalue weighted by Crippen LogP contribution is 2.20. The Bertz CT molecular complexity index is 421. The normalized spacial score (nSPS) is 15.6. The van der Waals surface area contributed by atoms with E-state index >= 15 is 0 Å². The SMILES string of the molecule is O=C(O)Cc1cn(CCC2=CCCCC2)cn1. The summed E-state index contributed by atoms with van der Waals surface area (Å²) in [5.74, 6) is -0.828. The van der Waals surface area contributed by atoms with Crippen LogP contribution in [0.25, 0.3) is 0 Å². The van der Waals surface area contributed by atoms with Crippen molar-refractivity contribution in [2.24, 2.45) is 0 Å². The van der Waals surface area contributed by atoms with E-state index in [1.54, 1.807) is 6.33 Å². The third kappa shape index (κ3) is 3.73. The molecule has 1 heterocycles. The van der Waals surface area contributed by atoms with Gasteiger partial charge in [-0.3, -0.25) is 4.79 Å². The van der Waals surface area contributed by atoms with Gasteiger partial charge >= 0.3 is 5.97 Å². The van der Waals surface area contributed by atoms with Gasteiger partial charge in [-0.1, -0.05) is 11.6 Å². The van der Waals surface area contributed by atoms with Crippen LogP contribution in [0, 0.1) is 0 Å². The molecule has 17 heavy (non-hydrogen) atoms. The van der Waals surface area contributed by atoms with Gasteiger partial charge < -0.3 is 9.67 Å². The minimum Gasteiger partial charge on any atom is -0.481 e. The lowest BCUT2D eigenvalue weighted by molar-refractivity contribution is -0.136. The molecule has 0 saturated heterocycles. The molecule has 1 aliphatic rings. The van der Waals surface area contributed by atoms with Crippen LogP contribution in [0.2, 0.25) is 0 Å². The number of hydrogen-bond acceptors (Lipinski definition) is 2. The molecule has 4 nitrogen and oxygen atoms in total. The second-order valence-corrected chi connectivity index (χ2v) is 4.53. The van der Waals surface area contributed by atoms with Crippen LogP contribution in [0.5, 0.6) is 0 Å². The Morgan fingerprint density at radius 2 is 2.35 bits per heavy atom. The second-order valence-electron chi connectivity index (χ2n) is 4.53. The number of imidazole rings is 1. The molecule has 1 N–H and O–H groups in total. The van der Waals surface area contributed by atoms with Crippen LogP contribution < -0.4 is 0 Å². The lowest BCUT2D eigenvalue weighted by Gasteiger charge is -2.12. The van der Waals surface area contributed by atoms with Crippen molar-refractivity contribution in [2.45, 2.75) is 45.1 Å². The van der Waals surface area contributed by atoms with Gasteiger partial charge in [-0.25, -0.2) is 4.98 Å². The van der Waals surface area contributed by atoms with E-state index in [2.05, 4.69) is 11.1 Å². The summed E-state index contributed by atoms with van der Waals surface area (Å²) >= 11 is 0. The van der Waals surface area contributed by atoms with Crippen molar-refractivity contribution in [3.63, 3.8) is 0 Å². The van der Waals surface area contributed by atoms with E-state index in [0.29, 0.717) is 5.69 Å². The maximum absolute atomic E-state index is 10.5. The Morgan fingerprint density at radius 1 is 1.47 bits per heavy atom. The number of rotatable bonds is 5. The zero-order valence-electron chi connectivity index (χ0n) is 9.93. The summed E-state index contributed by atoms with van der Waals surface area (Å²) in [7, 11) is 0. The van der Waals surface area contributed by atoms with Crippen molar-refractivity contribution in [3.8, 4) is 0 Å². The highest BCUT2D eigenvalue weighted by atomic mass is 16.4. The molecule has 0 aliphatic heterocycles. The first kappa shape index (κ1) is 11.9. The van der Waals surface area contributed by atoms with Gasteiger partial charge in [0.25, 0.3) is 0 Å². The quantitative estimate of drug-likeness (QED) is 0.796. The second kappa shape index (κ2) is 5.66. The van der Waals surface area contributed by atoms with Gasteiger partial charge in [0.15, 0.2) is 0 Å². The summed E-state index contributed by atoms with van der Waals surface area (Å²) in [6.45, 7) is 0.901. The van der Waals surface area contributed by atoms with Crippen LogP contribution in [-0.4, -0.2) is 20.6 Å². The predicted octanol–water partition coefficient (Wildman–Crippen LogP) is 2.40. The zero-order chi connectivity index (χ0) is 12.1. The fraction of sp³-hybridized carbons (Fsp3) is 0.538. The molecule has 0 radical (unpaired) electrons. The van der Waals surface area contributed by atoms with E-state index in [0.717, 1.165) is 13.0 Å². The van der Waals surface area contributed by atoms with Crippen LogP contribution in [0.15, 0.2) is 24.2 Å². The maximum Gasteiger partial charge on any atom is 0.309 e. The first-order valence-electron chi connectivity index (χ1n) is 6.14. The van der Waals surface area contributed by atoms with Crippen LogP contribution in [0.4, 0.5) is 0 Å². The predicted molar refractivity (Wildman–Crippen MR) is 64.7 cm³/mol. The molecule has 4 heteroatoms. The summed E-state index contributed by atoms with van der Waals surface area (Å²) in [4.78, 5) is 14.6. The number of carboxylic acid groups (broad SMARTS) is 1. The Balaban J connectivity index is 1.84. The number of hydrogen-bond donors (Lipinski definition) is 1. The smallest absolute Gasteiger partial charge is 0.309 e. The lowest BCUT2D eigenvalue weighted by Crippen LogP contribution is -2.01. The number of aliphatic carboxylic acids is 1. The third-order valence-corrected chi connectivity index (χ3v) is 3.10. The molecule has 0 spiro atoms. The van der Waals surface area contributed by atoms with Gasteiger partial charge in [-0.05, 0) is 32.1 Å². The van der Waals surface area contributed by atoms with Crippen molar-refractivity contribution in [1.29, 1.82) is 0 Å². The summed E-state index contributed by atoms with van der Waals surface area (Å²) in [5, 5.41) is 8.65. The molecule has 0 fully saturated rings. The monoisotopic (exact) mass is 234 g/mol. The van der Waals surface area contributed by atoms with E-state index < -0.39 is 5.97 Å². The van der Waals surface area contributed by atoms with Crippen molar-refractivity contribution >= 4 is 5.97 Å². The average molecular weight is 234 g/mol. The van der Waals surface area contributed by atoms with Gasteiger partial charge in [0.2, 0.25) is 0 Å². The largest absolute Gasteiger partial charge is 0.481 e. The molecule has 0 aromatic carbocycles. The summed E-state index contributed by atoms with van der Waals surface area (Å²) in [5.41, 5.74) is 2.17. The van der Waals surface area contributed by atoms with Gasteiger partial charge in [0.1, 0.15) is 0 Å². The number of allylic oxidation sites excluding steroid dienone is 2. The molecule has 0 atom stereocenters. The molecule has 0 unspecified atom stereocenters. The van der Waals surface area contributed by atoms with Crippen LogP contribution in [-0.2, 0) is 17.8 Å². The van der Waals surface area contributed by atoms with E-state index in [1.165, 1.54) is 31.3 Å². The first-order valence-corrected chi connectivity index (χ1v) is 6.14. The van der Waals surface area contributed by atoms with Crippen LogP contribution in [0.1, 0.15) is 37.8 Å².